The molecular weight excluding hydrogens is 423 g/mol. The lowest BCUT2D eigenvalue weighted by Crippen LogP contribution is -2.18. The van der Waals surface area contributed by atoms with Gasteiger partial charge in [0.25, 0.3) is 0 Å². The predicted molar refractivity (Wildman–Crippen MR) is 129 cm³/mol. The number of phosphoric acid groups is 1. The highest BCUT2D eigenvalue weighted by atomic mass is 32.2. The van der Waals surface area contributed by atoms with Crippen LogP contribution in [0.4, 0.5) is 0 Å². The first-order chi connectivity index (χ1) is 14.3. The van der Waals surface area contributed by atoms with Crippen LogP contribution in [0.15, 0.2) is 12.2 Å². The van der Waals surface area contributed by atoms with Gasteiger partial charge in [-0.1, -0.05) is 76.9 Å². The SMILES string of the molecule is CCCCCCCCC=CCCCCCCCCSCC(CO)OC.O=P(O)(O)O. The number of unbranched alkanes of at least 4 members (excludes halogenated alkanes) is 12. The van der Waals surface area contributed by atoms with E-state index in [4.69, 9.17) is 29.1 Å². The molecule has 0 aliphatic heterocycles. The highest BCUT2D eigenvalue weighted by Gasteiger charge is 2.04. The zero-order valence-electron chi connectivity index (χ0n) is 19.2. The van der Waals surface area contributed by atoms with Gasteiger partial charge in [0.15, 0.2) is 0 Å². The monoisotopic (exact) mass is 470 g/mol. The molecule has 182 valence electrons. The van der Waals surface area contributed by atoms with Crippen LogP contribution in [0.1, 0.15) is 96.8 Å². The Labute approximate surface area is 189 Å². The van der Waals surface area contributed by atoms with Gasteiger partial charge in [-0.2, -0.15) is 11.8 Å². The summed E-state index contributed by atoms with van der Waals surface area (Å²) in [6.07, 6.45) is 23.9. The molecule has 6 nitrogen and oxygen atoms in total. The van der Waals surface area contributed by atoms with Crippen molar-refractivity contribution in [3.05, 3.63) is 12.2 Å². The van der Waals surface area contributed by atoms with E-state index in [1.807, 2.05) is 11.8 Å². The highest BCUT2D eigenvalue weighted by Crippen LogP contribution is 2.25. The largest absolute Gasteiger partial charge is 0.466 e. The molecule has 0 fully saturated rings. The smallest absolute Gasteiger partial charge is 0.394 e. The summed E-state index contributed by atoms with van der Waals surface area (Å²) in [6.45, 7) is 2.41. The average molecular weight is 471 g/mol. The lowest BCUT2D eigenvalue weighted by Gasteiger charge is -2.11. The van der Waals surface area contributed by atoms with E-state index in [1.54, 1.807) is 7.11 Å². The lowest BCUT2D eigenvalue weighted by atomic mass is 10.1. The fourth-order valence-electron chi connectivity index (χ4n) is 2.86. The molecule has 0 heterocycles. The van der Waals surface area contributed by atoms with Gasteiger partial charge >= 0.3 is 7.82 Å². The minimum absolute atomic E-state index is 0.0131. The van der Waals surface area contributed by atoms with Crippen LogP contribution in [0, 0.1) is 0 Å². The summed E-state index contributed by atoms with van der Waals surface area (Å²) in [5.41, 5.74) is 0. The van der Waals surface area contributed by atoms with Crippen LogP contribution in [0.3, 0.4) is 0 Å². The maximum absolute atomic E-state index is 9.03. The molecule has 0 aliphatic carbocycles. The zero-order chi connectivity index (χ0) is 22.9. The van der Waals surface area contributed by atoms with E-state index in [9.17, 15) is 0 Å². The fraction of sp³-hybridized carbons (Fsp3) is 0.909. The van der Waals surface area contributed by atoms with Gasteiger partial charge in [0.05, 0.1) is 12.7 Å². The van der Waals surface area contributed by atoms with Crippen molar-refractivity contribution >= 4 is 19.6 Å². The van der Waals surface area contributed by atoms with Crippen LogP contribution in [-0.4, -0.2) is 51.1 Å². The lowest BCUT2D eigenvalue weighted by molar-refractivity contribution is 0.0656. The Hall–Kier alpha value is 0.120. The van der Waals surface area contributed by atoms with Gasteiger partial charge in [0.1, 0.15) is 0 Å². The van der Waals surface area contributed by atoms with E-state index in [0.29, 0.717) is 0 Å². The number of rotatable bonds is 20. The van der Waals surface area contributed by atoms with Crippen molar-refractivity contribution in [3.8, 4) is 0 Å². The Morgan fingerprint density at radius 2 is 1.27 bits per heavy atom. The van der Waals surface area contributed by atoms with E-state index in [0.717, 1.165) is 5.75 Å². The summed E-state index contributed by atoms with van der Waals surface area (Å²) in [6, 6.07) is 0. The zero-order valence-corrected chi connectivity index (χ0v) is 20.9. The van der Waals surface area contributed by atoms with Gasteiger partial charge in [-0.15, -0.1) is 0 Å². The van der Waals surface area contributed by atoms with Crippen molar-refractivity contribution in [2.75, 3.05) is 25.2 Å². The number of ether oxygens (including phenoxy) is 1. The molecule has 30 heavy (non-hydrogen) atoms. The Morgan fingerprint density at radius 1 is 0.833 bits per heavy atom. The van der Waals surface area contributed by atoms with Crippen LogP contribution in [0.5, 0.6) is 0 Å². The normalized spacial score (nSPS) is 12.7. The van der Waals surface area contributed by atoms with Crippen molar-refractivity contribution in [1.82, 2.24) is 0 Å². The molecule has 0 saturated carbocycles. The highest BCUT2D eigenvalue weighted by molar-refractivity contribution is 7.99. The first kappa shape index (κ1) is 32.3. The molecule has 4 N–H and O–H groups in total. The molecule has 0 bridgehead atoms. The molecule has 0 saturated heterocycles. The molecule has 0 aromatic heterocycles. The number of hydrogen-bond donors (Lipinski definition) is 4. The van der Waals surface area contributed by atoms with Crippen molar-refractivity contribution in [1.29, 1.82) is 0 Å². The van der Waals surface area contributed by atoms with Crippen molar-refractivity contribution in [2.24, 2.45) is 0 Å². The molecule has 0 aliphatic rings. The first-order valence-electron chi connectivity index (χ1n) is 11.5. The van der Waals surface area contributed by atoms with E-state index in [-0.39, 0.29) is 12.7 Å². The number of aliphatic hydroxyl groups is 1. The van der Waals surface area contributed by atoms with E-state index < -0.39 is 7.82 Å². The second-order valence-corrected chi connectivity index (χ2v) is 9.74. The van der Waals surface area contributed by atoms with Crippen LogP contribution < -0.4 is 0 Å². The van der Waals surface area contributed by atoms with Crippen molar-refractivity contribution in [2.45, 2.75) is 103 Å². The first-order valence-corrected chi connectivity index (χ1v) is 14.2. The summed E-state index contributed by atoms with van der Waals surface area (Å²) in [5, 5.41) is 9.03. The number of allylic oxidation sites excluding steroid dienone is 2. The summed E-state index contributed by atoms with van der Waals surface area (Å²) in [4.78, 5) is 21.6. The average Bonchev–Trinajstić information content (AvgIpc) is 2.68. The number of methoxy groups -OCH3 is 1. The third kappa shape index (κ3) is 35.6. The second kappa shape index (κ2) is 25.4. The molecular formula is C22H47O6PS. The minimum atomic E-state index is -4.64. The van der Waals surface area contributed by atoms with Gasteiger partial charge in [-0.25, -0.2) is 4.57 Å². The molecule has 0 radical (unpaired) electrons. The van der Waals surface area contributed by atoms with Gasteiger partial charge in [-0.3, -0.25) is 0 Å². The van der Waals surface area contributed by atoms with E-state index in [2.05, 4.69) is 19.1 Å². The van der Waals surface area contributed by atoms with Crippen molar-refractivity contribution in [3.63, 3.8) is 0 Å². The van der Waals surface area contributed by atoms with E-state index >= 15 is 0 Å². The van der Waals surface area contributed by atoms with Gasteiger partial charge in [0.2, 0.25) is 0 Å². The predicted octanol–water partition coefficient (Wildman–Crippen LogP) is 5.84. The molecule has 0 spiro atoms. The van der Waals surface area contributed by atoms with Crippen LogP contribution in [-0.2, 0) is 9.30 Å². The van der Waals surface area contributed by atoms with Gasteiger partial charge < -0.3 is 24.5 Å². The number of hydrogen-bond acceptors (Lipinski definition) is 4. The Kier molecular flexibility index (Phi) is 27.3. The summed E-state index contributed by atoms with van der Waals surface area (Å²) < 4.78 is 14.0. The summed E-state index contributed by atoms with van der Waals surface area (Å²) in [5.74, 6) is 2.11. The van der Waals surface area contributed by atoms with Crippen LogP contribution >= 0.6 is 19.6 Å². The minimum Gasteiger partial charge on any atom is -0.394 e. The quantitative estimate of drug-likeness (QED) is 0.101. The second-order valence-electron chi connectivity index (χ2n) is 7.57. The fourth-order valence-corrected chi connectivity index (χ4v) is 3.94. The topological polar surface area (TPSA) is 107 Å². The Balaban J connectivity index is 0. The standard InChI is InChI=1S/C22H44O2S.H3O4P/c1-3-4-5-6-7-8-9-10-11-12-13-14-15-16-17-18-19-25-21-22(20-23)24-2;1-5(2,3)4/h10-11,22-23H,3-9,12-21H2,1-2H3;(H3,1,2,3,4). The van der Waals surface area contributed by atoms with Gasteiger partial charge in [-0.05, 0) is 37.9 Å². The summed E-state index contributed by atoms with van der Waals surface area (Å²) >= 11 is 1.90. The molecule has 0 aromatic carbocycles. The molecule has 0 rings (SSSR count). The maximum Gasteiger partial charge on any atom is 0.466 e. The molecule has 8 heteroatoms. The Morgan fingerprint density at radius 3 is 1.70 bits per heavy atom. The molecule has 0 aromatic rings. The third-order valence-corrected chi connectivity index (χ3v) is 5.83. The molecule has 1 atom stereocenters. The van der Waals surface area contributed by atoms with E-state index in [1.165, 1.54) is 95.6 Å². The van der Waals surface area contributed by atoms with Crippen LogP contribution in [0.25, 0.3) is 0 Å². The molecule has 1 unspecified atom stereocenters. The Bertz CT molecular complexity index is 391. The van der Waals surface area contributed by atoms with Gasteiger partial charge in [0, 0.05) is 12.9 Å². The number of aliphatic hydroxyl groups excluding tert-OH is 1. The number of thioether (sulfide) groups is 1. The molecule has 0 amide bonds. The van der Waals surface area contributed by atoms with Crippen molar-refractivity contribution < 1.29 is 29.1 Å². The summed E-state index contributed by atoms with van der Waals surface area (Å²) in [7, 11) is -2.97. The van der Waals surface area contributed by atoms with Crippen LogP contribution in [0.2, 0.25) is 0 Å². The maximum atomic E-state index is 9.03. The third-order valence-electron chi connectivity index (χ3n) is 4.64.